The van der Waals surface area contributed by atoms with Crippen LogP contribution in [0, 0.1) is 0 Å². The SMILES string of the molecule is CCN(CC)C(=O)c1nc2c3c4c(sc3ncn2n1)CCC[C@H]4C. The molecule has 0 radical (unpaired) electrons. The van der Waals surface area contributed by atoms with Crippen LogP contribution in [0.2, 0.25) is 0 Å². The summed E-state index contributed by atoms with van der Waals surface area (Å²) < 4.78 is 1.66. The molecule has 126 valence electrons. The molecule has 0 fully saturated rings. The second-order valence-corrected chi connectivity index (χ2v) is 7.42. The molecule has 3 aromatic heterocycles. The standard InChI is InChI=1S/C17H21N5OS/c1-4-21(5-2)17(23)14-19-15-13-12-10(3)7-6-8-11(12)24-16(13)18-9-22(15)20-14/h9-10H,4-8H2,1-3H3/t10-/m1/s1. The zero-order valence-electron chi connectivity index (χ0n) is 14.2. The summed E-state index contributed by atoms with van der Waals surface area (Å²) in [6.07, 6.45) is 5.22. The molecule has 1 aliphatic carbocycles. The van der Waals surface area contributed by atoms with Crippen LogP contribution in [0.5, 0.6) is 0 Å². The van der Waals surface area contributed by atoms with Crippen LogP contribution in [0.1, 0.15) is 60.6 Å². The Labute approximate surface area is 144 Å². The maximum Gasteiger partial charge on any atom is 0.293 e. The van der Waals surface area contributed by atoms with E-state index in [4.69, 9.17) is 0 Å². The number of hydrogen-bond donors (Lipinski definition) is 0. The van der Waals surface area contributed by atoms with Gasteiger partial charge in [-0.3, -0.25) is 4.79 Å². The van der Waals surface area contributed by atoms with Gasteiger partial charge in [-0.25, -0.2) is 14.5 Å². The molecule has 0 saturated carbocycles. The molecule has 0 unspecified atom stereocenters. The van der Waals surface area contributed by atoms with E-state index in [1.54, 1.807) is 27.1 Å². The van der Waals surface area contributed by atoms with Crippen molar-refractivity contribution in [2.45, 2.75) is 46.0 Å². The van der Waals surface area contributed by atoms with Gasteiger partial charge < -0.3 is 4.90 Å². The van der Waals surface area contributed by atoms with Crippen LogP contribution in [0.15, 0.2) is 6.33 Å². The summed E-state index contributed by atoms with van der Waals surface area (Å²) in [5, 5.41) is 5.48. The molecular weight excluding hydrogens is 322 g/mol. The summed E-state index contributed by atoms with van der Waals surface area (Å²) in [7, 11) is 0. The molecule has 1 aliphatic rings. The maximum absolute atomic E-state index is 12.6. The van der Waals surface area contributed by atoms with Gasteiger partial charge in [0.1, 0.15) is 11.2 Å². The van der Waals surface area contributed by atoms with Crippen molar-refractivity contribution in [1.29, 1.82) is 0 Å². The summed E-state index contributed by atoms with van der Waals surface area (Å²) in [4.78, 5) is 25.9. The Morgan fingerprint density at radius 3 is 2.96 bits per heavy atom. The summed E-state index contributed by atoms with van der Waals surface area (Å²) in [6, 6.07) is 0. The van der Waals surface area contributed by atoms with E-state index in [2.05, 4.69) is 22.0 Å². The molecular formula is C17H21N5OS. The third kappa shape index (κ3) is 2.22. The summed E-state index contributed by atoms with van der Waals surface area (Å²) in [6.45, 7) is 7.51. The lowest BCUT2D eigenvalue weighted by Gasteiger charge is -2.18. The average molecular weight is 343 g/mol. The van der Waals surface area contributed by atoms with Crippen molar-refractivity contribution in [3.63, 3.8) is 0 Å². The van der Waals surface area contributed by atoms with Crippen LogP contribution in [0.4, 0.5) is 0 Å². The third-order valence-electron chi connectivity index (χ3n) is 4.92. The second-order valence-electron chi connectivity index (χ2n) is 6.34. The number of carbonyl (C=O) groups excluding carboxylic acids is 1. The average Bonchev–Trinajstić information content (AvgIpc) is 3.17. The van der Waals surface area contributed by atoms with E-state index in [-0.39, 0.29) is 11.7 Å². The smallest absolute Gasteiger partial charge is 0.293 e. The number of aryl methyl sites for hydroxylation is 1. The van der Waals surface area contributed by atoms with Gasteiger partial charge in [-0.15, -0.1) is 16.4 Å². The molecule has 1 amide bonds. The first-order valence-electron chi connectivity index (χ1n) is 8.59. The zero-order chi connectivity index (χ0) is 16.8. The quantitative estimate of drug-likeness (QED) is 0.732. The van der Waals surface area contributed by atoms with E-state index in [1.165, 1.54) is 23.3 Å². The molecule has 24 heavy (non-hydrogen) atoms. The van der Waals surface area contributed by atoms with Crippen molar-refractivity contribution in [1.82, 2.24) is 24.5 Å². The molecule has 6 nitrogen and oxygen atoms in total. The van der Waals surface area contributed by atoms with Crippen LogP contribution in [-0.2, 0) is 6.42 Å². The molecule has 0 aliphatic heterocycles. The first-order chi connectivity index (χ1) is 11.6. The lowest BCUT2D eigenvalue weighted by molar-refractivity contribution is 0.0761. The summed E-state index contributed by atoms with van der Waals surface area (Å²) in [5.74, 6) is 0.652. The topological polar surface area (TPSA) is 63.4 Å². The number of thiophene rings is 1. The van der Waals surface area contributed by atoms with Crippen molar-refractivity contribution in [3.8, 4) is 0 Å². The Balaban J connectivity index is 1.92. The van der Waals surface area contributed by atoms with Gasteiger partial charge in [0.05, 0.1) is 5.39 Å². The van der Waals surface area contributed by atoms with Crippen molar-refractivity contribution >= 4 is 33.1 Å². The van der Waals surface area contributed by atoms with Crippen LogP contribution in [0.25, 0.3) is 15.9 Å². The lowest BCUT2D eigenvalue weighted by atomic mass is 9.87. The van der Waals surface area contributed by atoms with Gasteiger partial charge in [0, 0.05) is 18.0 Å². The second kappa shape index (κ2) is 5.81. The van der Waals surface area contributed by atoms with Gasteiger partial charge in [-0.1, -0.05) is 6.92 Å². The van der Waals surface area contributed by atoms with Crippen molar-refractivity contribution in [2.24, 2.45) is 0 Å². The molecule has 1 atom stereocenters. The Bertz CT molecular complexity index is 924. The molecule has 0 spiro atoms. The van der Waals surface area contributed by atoms with Crippen molar-refractivity contribution in [2.75, 3.05) is 13.1 Å². The van der Waals surface area contributed by atoms with Crippen LogP contribution >= 0.6 is 11.3 Å². The van der Waals surface area contributed by atoms with Gasteiger partial charge >= 0.3 is 0 Å². The van der Waals surface area contributed by atoms with Crippen molar-refractivity contribution in [3.05, 3.63) is 22.6 Å². The van der Waals surface area contributed by atoms with Crippen molar-refractivity contribution < 1.29 is 4.79 Å². The number of nitrogens with zero attached hydrogens (tertiary/aromatic N) is 5. The van der Waals surface area contributed by atoms with E-state index in [9.17, 15) is 4.79 Å². The Kier molecular flexibility index (Phi) is 3.75. The molecule has 0 saturated heterocycles. The number of amides is 1. The van der Waals surface area contributed by atoms with E-state index >= 15 is 0 Å². The van der Waals surface area contributed by atoms with E-state index in [0.29, 0.717) is 19.0 Å². The molecule has 3 aromatic rings. The first-order valence-corrected chi connectivity index (χ1v) is 9.41. The van der Waals surface area contributed by atoms with Gasteiger partial charge in [-0.05, 0) is 44.6 Å². The highest BCUT2D eigenvalue weighted by atomic mass is 32.1. The fourth-order valence-electron chi connectivity index (χ4n) is 3.63. The van der Waals surface area contributed by atoms with E-state index in [0.717, 1.165) is 22.3 Å². The van der Waals surface area contributed by atoms with Gasteiger partial charge in [0.2, 0.25) is 5.82 Å². The number of rotatable bonds is 3. The van der Waals surface area contributed by atoms with E-state index < -0.39 is 0 Å². The monoisotopic (exact) mass is 343 g/mol. The normalized spacial score (nSPS) is 17.4. The highest BCUT2D eigenvalue weighted by Crippen LogP contribution is 2.42. The third-order valence-corrected chi connectivity index (χ3v) is 6.09. The molecule has 7 heteroatoms. The lowest BCUT2D eigenvalue weighted by Crippen LogP contribution is -2.31. The maximum atomic E-state index is 12.6. The summed E-state index contributed by atoms with van der Waals surface area (Å²) in [5.41, 5.74) is 2.13. The molecule has 0 bridgehead atoms. The summed E-state index contributed by atoms with van der Waals surface area (Å²) >= 11 is 1.76. The predicted octanol–water partition coefficient (Wildman–Crippen LogP) is 3.26. The fourth-order valence-corrected chi connectivity index (χ4v) is 4.92. The fraction of sp³-hybridized carbons (Fsp3) is 0.529. The minimum atomic E-state index is -0.117. The van der Waals surface area contributed by atoms with Crippen LogP contribution in [0.3, 0.4) is 0 Å². The Hall–Kier alpha value is -2.02. The van der Waals surface area contributed by atoms with Gasteiger partial charge in [-0.2, -0.15) is 0 Å². The number of carbonyl (C=O) groups is 1. The minimum Gasteiger partial charge on any atom is -0.336 e. The number of hydrogen-bond acceptors (Lipinski definition) is 5. The Morgan fingerprint density at radius 2 is 2.21 bits per heavy atom. The van der Waals surface area contributed by atoms with E-state index in [1.807, 2.05) is 13.8 Å². The number of aromatic nitrogens is 4. The molecule has 3 heterocycles. The van der Waals surface area contributed by atoms with Gasteiger partial charge in [0.15, 0.2) is 5.65 Å². The molecule has 4 rings (SSSR count). The minimum absolute atomic E-state index is 0.117. The predicted molar refractivity (Wildman–Crippen MR) is 94.8 cm³/mol. The molecule has 0 N–H and O–H groups in total. The van der Waals surface area contributed by atoms with Gasteiger partial charge in [0.25, 0.3) is 5.91 Å². The molecule has 0 aromatic carbocycles. The highest BCUT2D eigenvalue weighted by molar-refractivity contribution is 7.19. The largest absolute Gasteiger partial charge is 0.336 e. The zero-order valence-corrected chi connectivity index (χ0v) is 15.1. The highest BCUT2D eigenvalue weighted by Gasteiger charge is 2.26. The van der Waals surface area contributed by atoms with Crippen LogP contribution in [-0.4, -0.2) is 43.5 Å². The first kappa shape index (κ1) is 15.5. The number of fused-ring (bicyclic) bond motifs is 5. The Morgan fingerprint density at radius 1 is 1.42 bits per heavy atom. The van der Waals surface area contributed by atoms with Crippen LogP contribution < -0.4 is 0 Å².